The molecule has 0 spiro atoms. The highest BCUT2D eigenvalue weighted by Crippen LogP contribution is 2.40. The Hall–Kier alpha value is -2.04. The van der Waals surface area contributed by atoms with E-state index in [-0.39, 0.29) is 21.8 Å². The van der Waals surface area contributed by atoms with Gasteiger partial charge >= 0.3 is 0 Å². The van der Waals surface area contributed by atoms with Gasteiger partial charge < -0.3 is 10.1 Å². The SMILES string of the molecule is CCC(=O)Nc1nnc(S(=O)(=O)NC2CC(C)(C)Oc3ccccc32)s1. The third kappa shape index (κ3) is 4.02. The first-order valence-corrected chi connectivity index (χ1v) is 10.4. The van der Waals surface area contributed by atoms with Crippen LogP contribution >= 0.6 is 11.3 Å². The van der Waals surface area contributed by atoms with Crippen LogP contribution in [0.5, 0.6) is 5.75 Å². The zero-order valence-corrected chi connectivity index (χ0v) is 16.3. The molecule has 0 bridgehead atoms. The van der Waals surface area contributed by atoms with Crippen molar-refractivity contribution in [3.63, 3.8) is 0 Å². The number of carbonyl (C=O) groups excluding carboxylic acids is 1. The first-order valence-electron chi connectivity index (χ1n) is 8.14. The summed E-state index contributed by atoms with van der Waals surface area (Å²) in [6, 6.07) is 6.90. The van der Waals surface area contributed by atoms with Crippen molar-refractivity contribution in [1.82, 2.24) is 14.9 Å². The zero-order chi connectivity index (χ0) is 18.9. The molecule has 0 fully saturated rings. The number of sulfonamides is 1. The summed E-state index contributed by atoms with van der Waals surface area (Å²) in [6.45, 7) is 5.51. The van der Waals surface area contributed by atoms with Crippen molar-refractivity contribution < 1.29 is 17.9 Å². The molecule has 1 aromatic carbocycles. The summed E-state index contributed by atoms with van der Waals surface area (Å²) in [5, 5.41) is 10.1. The fraction of sp³-hybridized carbons (Fsp3) is 0.438. The number of ether oxygens (including phenoxy) is 1. The van der Waals surface area contributed by atoms with Crippen molar-refractivity contribution in [3.05, 3.63) is 29.8 Å². The maximum absolute atomic E-state index is 12.7. The van der Waals surface area contributed by atoms with Crippen molar-refractivity contribution in [2.45, 2.75) is 49.6 Å². The van der Waals surface area contributed by atoms with Gasteiger partial charge in [0.2, 0.25) is 15.4 Å². The van der Waals surface area contributed by atoms with Crippen LogP contribution in [0.3, 0.4) is 0 Å². The average molecular weight is 396 g/mol. The minimum Gasteiger partial charge on any atom is -0.487 e. The van der Waals surface area contributed by atoms with Crippen LogP contribution in [0.25, 0.3) is 0 Å². The second-order valence-electron chi connectivity index (χ2n) is 6.55. The summed E-state index contributed by atoms with van der Waals surface area (Å²) in [6.07, 6.45) is 0.745. The molecule has 2 heterocycles. The molecule has 0 radical (unpaired) electrons. The van der Waals surface area contributed by atoms with Crippen LogP contribution in [-0.4, -0.2) is 30.1 Å². The standard InChI is InChI=1S/C16H20N4O4S2/c1-4-13(21)17-14-18-19-15(25-14)26(22,23)20-11-9-16(2,3)24-12-8-6-5-7-10(11)12/h5-8,11,20H,4,9H2,1-3H3,(H,17,18,21). The van der Waals surface area contributed by atoms with E-state index in [1.807, 2.05) is 38.1 Å². The first kappa shape index (κ1) is 18.7. The number of para-hydroxylation sites is 1. The second-order valence-corrected chi connectivity index (χ2v) is 9.42. The molecule has 10 heteroatoms. The van der Waals surface area contributed by atoms with Crippen molar-refractivity contribution in [3.8, 4) is 5.75 Å². The number of amides is 1. The lowest BCUT2D eigenvalue weighted by Gasteiger charge is -2.37. The number of benzene rings is 1. The molecule has 1 amide bonds. The molecule has 3 rings (SSSR count). The summed E-state index contributed by atoms with van der Waals surface area (Å²) in [5.74, 6) is 0.405. The van der Waals surface area contributed by atoms with E-state index in [4.69, 9.17) is 4.74 Å². The Balaban J connectivity index is 1.85. The molecule has 1 unspecified atom stereocenters. The van der Waals surface area contributed by atoms with Gasteiger partial charge in [-0.2, -0.15) is 0 Å². The van der Waals surface area contributed by atoms with Crippen LogP contribution < -0.4 is 14.8 Å². The Kier molecular flexibility index (Phi) is 5.00. The number of rotatable bonds is 5. The highest BCUT2D eigenvalue weighted by Gasteiger charge is 2.36. The number of fused-ring (bicyclic) bond motifs is 1. The molecular formula is C16H20N4O4S2. The average Bonchev–Trinajstić information content (AvgIpc) is 3.02. The molecule has 0 aliphatic carbocycles. The molecule has 1 atom stereocenters. The molecule has 1 aromatic heterocycles. The third-order valence-electron chi connectivity index (χ3n) is 3.88. The number of nitrogens with zero attached hydrogens (tertiary/aromatic N) is 2. The van der Waals surface area contributed by atoms with Gasteiger partial charge in [0, 0.05) is 18.4 Å². The number of hydrogen-bond donors (Lipinski definition) is 2. The number of carbonyl (C=O) groups is 1. The summed E-state index contributed by atoms with van der Waals surface area (Å²) < 4.78 is 33.9. The van der Waals surface area contributed by atoms with E-state index in [9.17, 15) is 13.2 Å². The van der Waals surface area contributed by atoms with Gasteiger partial charge in [-0.15, -0.1) is 10.2 Å². The largest absolute Gasteiger partial charge is 0.487 e. The van der Waals surface area contributed by atoms with Gasteiger partial charge in [0.25, 0.3) is 10.0 Å². The van der Waals surface area contributed by atoms with Crippen molar-refractivity contribution in [2.75, 3.05) is 5.32 Å². The van der Waals surface area contributed by atoms with Crippen molar-refractivity contribution >= 4 is 32.4 Å². The predicted molar refractivity (Wildman–Crippen MR) is 97.7 cm³/mol. The number of anilines is 1. The van der Waals surface area contributed by atoms with Crippen LogP contribution in [0.2, 0.25) is 0 Å². The van der Waals surface area contributed by atoms with Gasteiger partial charge in [-0.05, 0) is 19.9 Å². The quantitative estimate of drug-likeness (QED) is 0.751. The Bertz CT molecular complexity index is 924. The van der Waals surface area contributed by atoms with E-state index in [0.717, 1.165) is 16.9 Å². The molecule has 0 saturated heterocycles. The maximum Gasteiger partial charge on any atom is 0.270 e. The minimum absolute atomic E-state index is 0.157. The van der Waals surface area contributed by atoms with Gasteiger partial charge in [0.05, 0.1) is 6.04 Å². The normalized spacial score (nSPS) is 18.7. The van der Waals surface area contributed by atoms with Gasteiger partial charge in [0.1, 0.15) is 11.4 Å². The molecule has 1 aliphatic rings. The smallest absolute Gasteiger partial charge is 0.270 e. The molecule has 8 nitrogen and oxygen atoms in total. The second kappa shape index (κ2) is 6.93. The van der Waals surface area contributed by atoms with Crippen LogP contribution in [0, 0.1) is 0 Å². The van der Waals surface area contributed by atoms with Crippen LogP contribution in [0.15, 0.2) is 28.6 Å². The first-order chi connectivity index (χ1) is 12.2. The Morgan fingerprint density at radius 2 is 2.08 bits per heavy atom. The van der Waals surface area contributed by atoms with E-state index in [2.05, 4.69) is 20.2 Å². The lowest BCUT2D eigenvalue weighted by Crippen LogP contribution is -2.41. The summed E-state index contributed by atoms with van der Waals surface area (Å²) in [4.78, 5) is 11.4. The molecule has 140 valence electrons. The summed E-state index contributed by atoms with van der Waals surface area (Å²) in [5.41, 5.74) is 0.266. The molecule has 0 saturated carbocycles. The number of hydrogen-bond acceptors (Lipinski definition) is 7. The Morgan fingerprint density at radius 3 is 2.81 bits per heavy atom. The van der Waals surface area contributed by atoms with Gasteiger partial charge in [-0.25, -0.2) is 13.1 Å². The Labute approximate surface area is 156 Å². The number of nitrogens with one attached hydrogen (secondary N) is 2. The van der Waals surface area contributed by atoms with Gasteiger partial charge in [-0.3, -0.25) is 4.79 Å². The predicted octanol–water partition coefficient (Wildman–Crippen LogP) is 2.47. The highest BCUT2D eigenvalue weighted by molar-refractivity contribution is 7.91. The maximum atomic E-state index is 12.7. The lowest BCUT2D eigenvalue weighted by atomic mass is 9.90. The summed E-state index contributed by atoms with van der Waals surface area (Å²) >= 11 is 0.817. The lowest BCUT2D eigenvalue weighted by molar-refractivity contribution is -0.115. The monoisotopic (exact) mass is 396 g/mol. The van der Waals surface area contributed by atoms with E-state index < -0.39 is 21.7 Å². The van der Waals surface area contributed by atoms with Crippen LogP contribution in [0.4, 0.5) is 5.13 Å². The van der Waals surface area contributed by atoms with Crippen LogP contribution in [0.1, 0.15) is 45.2 Å². The molecular weight excluding hydrogens is 376 g/mol. The summed E-state index contributed by atoms with van der Waals surface area (Å²) in [7, 11) is -3.89. The van der Waals surface area contributed by atoms with E-state index in [0.29, 0.717) is 12.2 Å². The fourth-order valence-electron chi connectivity index (χ4n) is 2.72. The van der Waals surface area contributed by atoms with Crippen molar-refractivity contribution in [1.29, 1.82) is 0 Å². The molecule has 2 aromatic rings. The minimum atomic E-state index is -3.89. The van der Waals surface area contributed by atoms with Gasteiger partial charge in [0.15, 0.2) is 0 Å². The van der Waals surface area contributed by atoms with Gasteiger partial charge in [-0.1, -0.05) is 36.5 Å². The van der Waals surface area contributed by atoms with Crippen LogP contribution in [-0.2, 0) is 14.8 Å². The van der Waals surface area contributed by atoms with E-state index >= 15 is 0 Å². The third-order valence-corrected chi connectivity index (χ3v) is 6.56. The molecule has 2 N–H and O–H groups in total. The molecule has 1 aliphatic heterocycles. The number of aromatic nitrogens is 2. The Morgan fingerprint density at radius 1 is 1.35 bits per heavy atom. The van der Waals surface area contributed by atoms with Crippen molar-refractivity contribution in [2.24, 2.45) is 0 Å². The highest BCUT2D eigenvalue weighted by atomic mass is 32.2. The van der Waals surface area contributed by atoms with E-state index in [1.165, 1.54) is 0 Å². The topological polar surface area (TPSA) is 110 Å². The fourth-order valence-corrected chi connectivity index (χ4v) is 4.87. The molecule has 26 heavy (non-hydrogen) atoms. The van der Waals surface area contributed by atoms with E-state index in [1.54, 1.807) is 6.92 Å². The zero-order valence-electron chi connectivity index (χ0n) is 14.6.